The number of anilines is 1. The first-order chi connectivity index (χ1) is 12.4. The van der Waals surface area contributed by atoms with Gasteiger partial charge in [-0.05, 0) is 31.0 Å². The van der Waals surface area contributed by atoms with E-state index < -0.39 is 35.7 Å². The monoisotopic (exact) mass is 363 g/mol. The summed E-state index contributed by atoms with van der Waals surface area (Å²) in [6.07, 6.45) is 2.47. The summed E-state index contributed by atoms with van der Waals surface area (Å²) in [5.74, 6) is -4.20. The number of rotatable bonds is 5. The zero-order chi connectivity index (χ0) is 19.3. The number of carboxylic acid groups (broad SMARTS) is 1. The first-order valence-electron chi connectivity index (χ1n) is 8.22. The lowest BCUT2D eigenvalue weighted by Crippen LogP contribution is -2.36. The molecule has 0 bridgehead atoms. The fourth-order valence-corrected chi connectivity index (χ4v) is 3.15. The molecule has 0 heterocycles. The minimum atomic E-state index is -0.997. The van der Waals surface area contributed by atoms with Gasteiger partial charge in [-0.1, -0.05) is 12.8 Å². The summed E-state index contributed by atoms with van der Waals surface area (Å²) in [7, 11) is 2.40. The van der Waals surface area contributed by atoms with Crippen molar-refractivity contribution in [1.82, 2.24) is 0 Å². The highest BCUT2D eigenvalue weighted by atomic mass is 16.5. The highest BCUT2D eigenvalue weighted by Crippen LogP contribution is 2.31. The Bertz CT molecular complexity index is 694. The van der Waals surface area contributed by atoms with E-state index in [9.17, 15) is 24.3 Å². The molecule has 0 aromatic heterocycles. The molecule has 1 aromatic carbocycles. The van der Waals surface area contributed by atoms with Gasteiger partial charge in [0.15, 0.2) is 0 Å². The SMILES string of the molecule is COC(=O)c1cc(NC(=O)C2CCCCC2C(=O)O)cc(C(=O)OC)c1. The number of aliphatic carboxylic acids is 1. The van der Waals surface area contributed by atoms with Crippen LogP contribution in [0.2, 0.25) is 0 Å². The van der Waals surface area contributed by atoms with Crippen LogP contribution in [0.1, 0.15) is 46.4 Å². The summed E-state index contributed by atoms with van der Waals surface area (Å²) in [5, 5.41) is 11.9. The van der Waals surface area contributed by atoms with Crippen molar-refractivity contribution in [3.8, 4) is 0 Å². The highest BCUT2D eigenvalue weighted by molar-refractivity contribution is 6.00. The van der Waals surface area contributed by atoms with Crippen molar-refractivity contribution in [2.24, 2.45) is 11.8 Å². The van der Waals surface area contributed by atoms with E-state index in [0.717, 1.165) is 12.8 Å². The van der Waals surface area contributed by atoms with Crippen LogP contribution < -0.4 is 5.32 Å². The second-order valence-corrected chi connectivity index (χ2v) is 6.11. The molecule has 1 aliphatic rings. The average Bonchev–Trinajstić information content (AvgIpc) is 2.66. The van der Waals surface area contributed by atoms with E-state index in [2.05, 4.69) is 14.8 Å². The number of nitrogens with one attached hydrogen (secondary N) is 1. The fourth-order valence-electron chi connectivity index (χ4n) is 3.15. The number of carboxylic acids is 1. The molecule has 2 unspecified atom stereocenters. The van der Waals surface area contributed by atoms with Gasteiger partial charge in [-0.25, -0.2) is 9.59 Å². The molecule has 0 spiro atoms. The number of esters is 2. The Hall–Kier alpha value is -2.90. The van der Waals surface area contributed by atoms with Crippen LogP contribution >= 0.6 is 0 Å². The Morgan fingerprint density at radius 2 is 1.42 bits per heavy atom. The molecular weight excluding hydrogens is 342 g/mol. The van der Waals surface area contributed by atoms with Gasteiger partial charge in [-0.3, -0.25) is 9.59 Å². The van der Waals surface area contributed by atoms with E-state index >= 15 is 0 Å². The van der Waals surface area contributed by atoms with Crippen molar-refractivity contribution in [3.63, 3.8) is 0 Å². The van der Waals surface area contributed by atoms with E-state index in [-0.39, 0.29) is 16.8 Å². The first-order valence-corrected chi connectivity index (χ1v) is 8.22. The van der Waals surface area contributed by atoms with E-state index in [1.807, 2.05) is 0 Å². The number of hydrogen-bond acceptors (Lipinski definition) is 6. The van der Waals surface area contributed by atoms with Gasteiger partial charge in [0.2, 0.25) is 5.91 Å². The molecule has 1 aromatic rings. The fraction of sp³-hybridized carbons (Fsp3) is 0.444. The maximum absolute atomic E-state index is 12.6. The number of ether oxygens (including phenoxy) is 2. The number of carbonyl (C=O) groups is 4. The molecule has 0 saturated heterocycles. The number of methoxy groups -OCH3 is 2. The van der Waals surface area contributed by atoms with Gasteiger partial charge in [0.05, 0.1) is 37.2 Å². The second-order valence-electron chi connectivity index (χ2n) is 6.11. The molecule has 140 valence electrons. The van der Waals surface area contributed by atoms with Crippen LogP contribution in [0.15, 0.2) is 18.2 Å². The van der Waals surface area contributed by atoms with E-state index in [4.69, 9.17) is 0 Å². The summed E-state index contributed by atoms with van der Waals surface area (Å²) in [6.45, 7) is 0. The molecule has 0 aliphatic heterocycles. The predicted molar refractivity (Wildman–Crippen MR) is 90.8 cm³/mol. The van der Waals surface area contributed by atoms with Gasteiger partial charge in [0, 0.05) is 5.69 Å². The third kappa shape index (κ3) is 4.38. The number of benzene rings is 1. The molecule has 2 rings (SSSR count). The number of amides is 1. The summed E-state index contributed by atoms with van der Waals surface area (Å²) in [5.41, 5.74) is 0.348. The van der Waals surface area contributed by atoms with Gasteiger partial charge in [0.1, 0.15) is 0 Å². The van der Waals surface area contributed by atoms with Crippen molar-refractivity contribution in [2.45, 2.75) is 25.7 Å². The molecule has 2 N–H and O–H groups in total. The van der Waals surface area contributed by atoms with Gasteiger partial charge in [-0.2, -0.15) is 0 Å². The molecule has 26 heavy (non-hydrogen) atoms. The zero-order valence-electron chi connectivity index (χ0n) is 14.6. The van der Waals surface area contributed by atoms with Crippen LogP contribution in [0, 0.1) is 11.8 Å². The molecule has 1 fully saturated rings. The lowest BCUT2D eigenvalue weighted by Gasteiger charge is -2.27. The maximum atomic E-state index is 12.6. The molecule has 2 atom stereocenters. The van der Waals surface area contributed by atoms with Gasteiger partial charge < -0.3 is 19.9 Å². The second kappa shape index (κ2) is 8.46. The zero-order valence-corrected chi connectivity index (χ0v) is 14.6. The summed E-state index contributed by atoms with van der Waals surface area (Å²) >= 11 is 0. The molecule has 1 saturated carbocycles. The van der Waals surface area contributed by atoms with Gasteiger partial charge >= 0.3 is 17.9 Å². The Balaban J connectivity index is 2.29. The highest BCUT2D eigenvalue weighted by Gasteiger charge is 2.35. The average molecular weight is 363 g/mol. The summed E-state index contributed by atoms with van der Waals surface area (Å²) in [4.78, 5) is 47.5. The van der Waals surface area contributed by atoms with Crippen LogP contribution in [-0.4, -0.2) is 43.1 Å². The van der Waals surface area contributed by atoms with Crippen LogP contribution in [0.25, 0.3) is 0 Å². The van der Waals surface area contributed by atoms with Crippen molar-refractivity contribution in [2.75, 3.05) is 19.5 Å². The van der Waals surface area contributed by atoms with Crippen LogP contribution in [-0.2, 0) is 19.1 Å². The van der Waals surface area contributed by atoms with Crippen molar-refractivity contribution in [3.05, 3.63) is 29.3 Å². The van der Waals surface area contributed by atoms with Crippen molar-refractivity contribution in [1.29, 1.82) is 0 Å². The molecule has 8 heteroatoms. The molecule has 0 radical (unpaired) electrons. The van der Waals surface area contributed by atoms with Crippen molar-refractivity contribution >= 4 is 29.5 Å². The Kier molecular flexibility index (Phi) is 6.32. The Morgan fingerprint density at radius 1 is 0.923 bits per heavy atom. The van der Waals surface area contributed by atoms with Crippen LogP contribution in [0.3, 0.4) is 0 Å². The van der Waals surface area contributed by atoms with E-state index in [1.165, 1.54) is 32.4 Å². The lowest BCUT2D eigenvalue weighted by atomic mass is 9.78. The van der Waals surface area contributed by atoms with E-state index in [0.29, 0.717) is 12.8 Å². The minimum absolute atomic E-state index is 0.0733. The van der Waals surface area contributed by atoms with Crippen LogP contribution in [0.4, 0.5) is 5.69 Å². The quantitative estimate of drug-likeness (QED) is 0.769. The topological polar surface area (TPSA) is 119 Å². The Morgan fingerprint density at radius 3 is 1.88 bits per heavy atom. The summed E-state index contributed by atoms with van der Waals surface area (Å²) < 4.78 is 9.30. The van der Waals surface area contributed by atoms with E-state index in [1.54, 1.807) is 0 Å². The molecule has 1 amide bonds. The Labute approximate surface area is 150 Å². The third-order valence-electron chi connectivity index (χ3n) is 4.46. The number of hydrogen-bond donors (Lipinski definition) is 2. The molecule has 8 nitrogen and oxygen atoms in total. The van der Waals surface area contributed by atoms with Crippen molar-refractivity contribution < 1.29 is 33.8 Å². The minimum Gasteiger partial charge on any atom is -0.481 e. The maximum Gasteiger partial charge on any atom is 0.337 e. The summed E-state index contributed by atoms with van der Waals surface area (Å²) in [6, 6.07) is 4.04. The molecule has 1 aliphatic carbocycles. The third-order valence-corrected chi connectivity index (χ3v) is 4.46. The standard InChI is InChI=1S/C18H21NO7/c1-25-17(23)10-7-11(18(24)26-2)9-12(8-10)19-15(20)13-5-3-4-6-14(13)16(21)22/h7-9,13-14H,3-6H2,1-2H3,(H,19,20)(H,21,22). The largest absolute Gasteiger partial charge is 0.481 e. The number of carbonyl (C=O) groups excluding carboxylic acids is 3. The first kappa shape index (κ1) is 19.4. The van der Waals surface area contributed by atoms with Gasteiger partial charge in [-0.15, -0.1) is 0 Å². The predicted octanol–water partition coefficient (Wildman–Crippen LogP) is 2.09. The van der Waals surface area contributed by atoms with Gasteiger partial charge in [0.25, 0.3) is 0 Å². The lowest BCUT2D eigenvalue weighted by molar-refractivity contribution is -0.147. The van der Waals surface area contributed by atoms with Crippen LogP contribution in [0.5, 0.6) is 0 Å². The smallest absolute Gasteiger partial charge is 0.337 e. The molecular formula is C18H21NO7. The normalized spacial score (nSPS) is 19.3.